The standard InChI is InChI=1S/C28H27F3N6O2/c1-4-20(5-2)39-27-21(7-6-12-32-27)24-33-14-19-13-23(38)37(26(19)35-24)15-17-8-10-18(11-9-17)25-34-22(16-36(25)3)28(29,30)31/h6-12,14,16,20H,4-5,13,15H2,1-3H3. The van der Waals surface area contributed by atoms with Gasteiger partial charge in [0.15, 0.2) is 11.5 Å². The summed E-state index contributed by atoms with van der Waals surface area (Å²) in [5.74, 6) is 1.47. The highest BCUT2D eigenvalue weighted by Crippen LogP contribution is 2.34. The number of hydrogen-bond donors (Lipinski definition) is 0. The van der Waals surface area contributed by atoms with E-state index in [1.807, 2.05) is 6.07 Å². The van der Waals surface area contributed by atoms with Crippen LogP contribution in [0.3, 0.4) is 0 Å². The molecule has 0 saturated heterocycles. The number of imidazole rings is 1. The van der Waals surface area contributed by atoms with Crippen LogP contribution in [0.15, 0.2) is 55.0 Å². The second kappa shape index (κ2) is 10.5. The summed E-state index contributed by atoms with van der Waals surface area (Å²) in [6.45, 7) is 4.35. The number of ether oxygens (including phenoxy) is 1. The number of fused-ring (bicyclic) bond motifs is 1. The lowest BCUT2D eigenvalue weighted by Crippen LogP contribution is -2.26. The maximum absolute atomic E-state index is 13.1. The van der Waals surface area contributed by atoms with Gasteiger partial charge in [0.1, 0.15) is 11.6 Å². The van der Waals surface area contributed by atoms with Crippen molar-refractivity contribution in [3.8, 4) is 28.7 Å². The van der Waals surface area contributed by atoms with Crippen LogP contribution in [0.4, 0.5) is 19.0 Å². The molecule has 0 atom stereocenters. The van der Waals surface area contributed by atoms with E-state index < -0.39 is 11.9 Å². The molecule has 1 aliphatic rings. The minimum Gasteiger partial charge on any atom is -0.474 e. The molecule has 5 rings (SSSR count). The summed E-state index contributed by atoms with van der Waals surface area (Å²) in [6, 6.07) is 10.6. The summed E-state index contributed by atoms with van der Waals surface area (Å²) >= 11 is 0. The maximum Gasteiger partial charge on any atom is 0.434 e. The summed E-state index contributed by atoms with van der Waals surface area (Å²) in [7, 11) is 1.52. The second-order valence-electron chi connectivity index (χ2n) is 9.37. The van der Waals surface area contributed by atoms with Crippen LogP contribution in [0, 0.1) is 0 Å². The summed E-state index contributed by atoms with van der Waals surface area (Å²) in [6.07, 6.45) is 1.63. The molecule has 0 N–H and O–H groups in total. The Labute approximate surface area is 223 Å². The van der Waals surface area contributed by atoms with Crippen molar-refractivity contribution in [2.45, 2.75) is 51.9 Å². The zero-order valence-corrected chi connectivity index (χ0v) is 21.7. The molecule has 0 unspecified atom stereocenters. The summed E-state index contributed by atoms with van der Waals surface area (Å²) in [5, 5.41) is 0. The average molecular weight is 537 g/mol. The first kappa shape index (κ1) is 26.3. The van der Waals surface area contributed by atoms with Crippen LogP contribution >= 0.6 is 0 Å². The molecule has 8 nitrogen and oxygen atoms in total. The Kier molecular flexibility index (Phi) is 7.07. The molecule has 1 aliphatic heterocycles. The van der Waals surface area contributed by atoms with E-state index in [2.05, 4.69) is 28.8 Å². The van der Waals surface area contributed by atoms with Crippen molar-refractivity contribution in [1.82, 2.24) is 24.5 Å². The van der Waals surface area contributed by atoms with Crippen LogP contribution in [0.2, 0.25) is 0 Å². The van der Waals surface area contributed by atoms with E-state index in [-0.39, 0.29) is 30.8 Å². The first-order valence-corrected chi connectivity index (χ1v) is 12.7. The number of alkyl halides is 3. The van der Waals surface area contributed by atoms with Crippen LogP contribution in [-0.4, -0.2) is 36.5 Å². The Hall–Kier alpha value is -4.28. The SMILES string of the molecule is CCC(CC)Oc1ncccc1-c1ncc2c(n1)N(Cc1ccc(-c3nc(C(F)(F)F)cn3C)cc1)C(=O)C2. The van der Waals surface area contributed by atoms with Gasteiger partial charge >= 0.3 is 6.18 Å². The van der Waals surface area contributed by atoms with Crippen molar-refractivity contribution >= 4 is 11.7 Å². The fourth-order valence-electron chi connectivity index (χ4n) is 4.51. The Morgan fingerprint density at radius 2 is 1.79 bits per heavy atom. The van der Waals surface area contributed by atoms with Crippen molar-refractivity contribution in [3.63, 3.8) is 0 Å². The first-order valence-electron chi connectivity index (χ1n) is 12.7. The lowest BCUT2D eigenvalue weighted by molar-refractivity contribution is -0.140. The Morgan fingerprint density at radius 1 is 1.05 bits per heavy atom. The van der Waals surface area contributed by atoms with Gasteiger partial charge in [-0.1, -0.05) is 38.1 Å². The maximum atomic E-state index is 13.1. The molecule has 0 saturated carbocycles. The topological polar surface area (TPSA) is 86.0 Å². The van der Waals surface area contributed by atoms with Crippen molar-refractivity contribution in [2.24, 2.45) is 7.05 Å². The number of pyridine rings is 1. The molecule has 11 heteroatoms. The van der Waals surface area contributed by atoms with Gasteiger partial charge in [-0.05, 0) is 30.5 Å². The van der Waals surface area contributed by atoms with E-state index in [4.69, 9.17) is 9.72 Å². The Morgan fingerprint density at radius 3 is 2.46 bits per heavy atom. The van der Waals surface area contributed by atoms with E-state index in [1.165, 1.54) is 11.6 Å². The van der Waals surface area contributed by atoms with E-state index >= 15 is 0 Å². The van der Waals surface area contributed by atoms with E-state index in [0.717, 1.165) is 30.2 Å². The number of benzene rings is 1. The number of halogens is 3. The van der Waals surface area contributed by atoms with Gasteiger partial charge in [0, 0.05) is 36.8 Å². The number of carbonyl (C=O) groups is 1. The van der Waals surface area contributed by atoms with Gasteiger partial charge in [0.05, 0.1) is 24.6 Å². The van der Waals surface area contributed by atoms with E-state index in [0.29, 0.717) is 28.6 Å². The molecule has 202 valence electrons. The van der Waals surface area contributed by atoms with Crippen molar-refractivity contribution in [2.75, 3.05) is 4.90 Å². The quantitative estimate of drug-likeness (QED) is 0.291. The van der Waals surface area contributed by atoms with Crippen LogP contribution < -0.4 is 9.64 Å². The minimum absolute atomic E-state index is 0.0138. The van der Waals surface area contributed by atoms with Gasteiger partial charge in [0.2, 0.25) is 11.8 Å². The summed E-state index contributed by atoms with van der Waals surface area (Å²) in [5.41, 5.74) is 1.75. The molecular weight excluding hydrogens is 509 g/mol. The molecule has 1 amide bonds. The molecule has 3 aromatic heterocycles. The average Bonchev–Trinajstić information content (AvgIpc) is 3.47. The number of rotatable bonds is 8. The zero-order valence-electron chi connectivity index (χ0n) is 21.7. The fourth-order valence-corrected chi connectivity index (χ4v) is 4.51. The third-order valence-electron chi connectivity index (χ3n) is 6.66. The molecule has 4 heterocycles. The lowest BCUT2D eigenvalue weighted by atomic mass is 10.1. The van der Waals surface area contributed by atoms with Gasteiger partial charge in [0.25, 0.3) is 0 Å². The van der Waals surface area contributed by atoms with Crippen molar-refractivity contribution in [3.05, 3.63) is 71.8 Å². The predicted octanol–water partition coefficient (Wildman–Crippen LogP) is 5.61. The first-order chi connectivity index (χ1) is 18.7. The van der Waals surface area contributed by atoms with Gasteiger partial charge < -0.3 is 9.30 Å². The second-order valence-corrected chi connectivity index (χ2v) is 9.37. The highest BCUT2D eigenvalue weighted by molar-refractivity contribution is 6.00. The van der Waals surface area contributed by atoms with Gasteiger partial charge in [-0.2, -0.15) is 13.2 Å². The van der Waals surface area contributed by atoms with Crippen LogP contribution in [0.1, 0.15) is 43.5 Å². The largest absolute Gasteiger partial charge is 0.474 e. The number of aryl methyl sites for hydroxylation is 1. The van der Waals surface area contributed by atoms with Crippen molar-refractivity contribution < 1.29 is 22.7 Å². The lowest BCUT2D eigenvalue weighted by Gasteiger charge is -2.19. The number of aromatic nitrogens is 5. The molecule has 0 spiro atoms. The molecule has 0 bridgehead atoms. The summed E-state index contributed by atoms with van der Waals surface area (Å²) in [4.78, 5) is 31.8. The molecule has 39 heavy (non-hydrogen) atoms. The Bertz CT molecular complexity index is 1500. The smallest absolute Gasteiger partial charge is 0.434 e. The number of hydrogen-bond acceptors (Lipinski definition) is 6. The number of anilines is 1. The fraction of sp³-hybridized carbons (Fsp3) is 0.321. The normalized spacial score (nSPS) is 13.3. The zero-order chi connectivity index (χ0) is 27.7. The van der Waals surface area contributed by atoms with Crippen LogP contribution in [-0.2, 0) is 31.0 Å². The highest BCUT2D eigenvalue weighted by Gasteiger charge is 2.35. The van der Waals surface area contributed by atoms with Crippen LogP contribution in [0.5, 0.6) is 5.88 Å². The molecule has 0 radical (unpaired) electrons. The van der Waals surface area contributed by atoms with Crippen LogP contribution in [0.25, 0.3) is 22.8 Å². The van der Waals surface area contributed by atoms with Gasteiger partial charge in [-0.15, -0.1) is 0 Å². The molecular formula is C28H27F3N6O2. The predicted molar refractivity (Wildman–Crippen MR) is 139 cm³/mol. The van der Waals surface area contributed by atoms with Crippen molar-refractivity contribution in [1.29, 1.82) is 0 Å². The van der Waals surface area contributed by atoms with E-state index in [1.54, 1.807) is 47.6 Å². The molecule has 1 aromatic carbocycles. The number of amides is 1. The monoisotopic (exact) mass is 536 g/mol. The minimum atomic E-state index is -4.52. The highest BCUT2D eigenvalue weighted by atomic mass is 19.4. The summed E-state index contributed by atoms with van der Waals surface area (Å²) < 4.78 is 46.6. The van der Waals surface area contributed by atoms with Gasteiger partial charge in [-0.3, -0.25) is 9.69 Å². The number of carbonyl (C=O) groups excluding carboxylic acids is 1. The molecule has 0 fully saturated rings. The molecule has 0 aliphatic carbocycles. The Balaban J connectivity index is 1.40. The number of nitrogens with zero attached hydrogens (tertiary/aromatic N) is 6. The van der Waals surface area contributed by atoms with Gasteiger partial charge in [-0.25, -0.2) is 19.9 Å². The molecule has 4 aromatic rings. The van der Waals surface area contributed by atoms with E-state index in [9.17, 15) is 18.0 Å². The third kappa shape index (κ3) is 5.34. The third-order valence-corrected chi connectivity index (χ3v) is 6.66.